The van der Waals surface area contributed by atoms with E-state index in [1.165, 1.54) is 19.5 Å². The maximum absolute atomic E-state index is 13.7. The molecule has 0 spiro atoms. The Bertz CT molecular complexity index is 657. The van der Waals surface area contributed by atoms with Gasteiger partial charge in [0.05, 0.1) is 18.2 Å². The van der Waals surface area contributed by atoms with Gasteiger partial charge in [-0.3, -0.25) is 0 Å². The molecule has 1 saturated heterocycles. The fourth-order valence-corrected chi connectivity index (χ4v) is 2.60. The number of halogens is 1. The van der Waals surface area contributed by atoms with E-state index in [1.807, 2.05) is 0 Å². The topological polar surface area (TPSA) is 56.3 Å². The fraction of sp³-hybridized carbons (Fsp3) is 0.467. The Labute approximate surface area is 122 Å². The number of nitrogens with zero attached hydrogens (tertiary/aromatic N) is 2. The van der Waals surface area contributed by atoms with E-state index in [4.69, 9.17) is 9.47 Å². The highest BCUT2D eigenvalue weighted by Crippen LogP contribution is 2.29. The van der Waals surface area contributed by atoms with Crippen LogP contribution in [0.4, 0.5) is 10.2 Å². The first-order chi connectivity index (χ1) is 10.1. The highest BCUT2D eigenvalue weighted by atomic mass is 19.1. The minimum atomic E-state index is -0.430. The fourth-order valence-electron chi connectivity index (χ4n) is 2.60. The average Bonchev–Trinajstić information content (AvgIpc) is 2.91. The number of rotatable bonds is 4. The number of nitrogens with one attached hydrogen (secondary N) is 1. The summed E-state index contributed by atoms with van der Waals surface area (Å²) in [6, 6.07) is 2.97. The lowest BCUT2D eigenvalue weighted by Crippen LogP contribution is -2.32. The SMILES string of the molecule is COc1cc2c(NCC3(C)CCCO3)ncnc2cc1F. The summed E-state index contributed by atoms with van der Waals surface area (Å²) in [6.07, 6.45) is 3.51. The maximum atomic E-state index is 13.7. The van der Waals surface area contributed by atoms with Crippen LogP contribution in [-0.2, 0) is 4.74 Å². The van der Waals surface area contributed by atoms with Gasteiger partial charge in [-0.25, -0.2) is 14.4 Å². The summed E-state index contributed by atoms with van der Waals surface area (Å²) >= 11 is 0. The second-order valence-electron chi connectivity index (χ2n) is 5.48. The quantitative estimate of drug-likeness (QED) is 0.938. The van der Waals surface area contributed by atoms with E-state index >= 15 is 0 Å². The predicted octanol–water partition coefficient (Wildman–Crippen LogP) is 2.76. The molecule has 6 heteroatoms. The van der Waals surface area contributed by atoms with Crippen molar-refractivity contribution in [2.24, 2.45) is 0 Å². The van der Waals surface area contributed by atoms with Gasteiger partial charge in [-0.15, -0.1) is 0 Å². The highest BCUT2D eigenvalue weighted by molar-refractivity contribution is 5.90. The van der Waals surface area contributed by atoms with Gasteiger partial charge in [-0.05, 0) is 25.8 Å². The molecular formula is C15H18FN3O2. The first-order valence-electron chi connectivity index (χ1n) is 6.97. The Morgan fingerprint density at radius 2 is 2.29 bits per heavy atom. The van der Waals surface area contributed by atoms with E-state index in [2.05, 4.69) is 22.2 Å². The Morgan fingerprint density at radius 1 is 1.43 bits per heavy atom. The summed E-state index contributed by atoms with van der Waals surface area (Å²) in [7, 11) is 1.44. The molecule has 1 aliphatic heterocycles. The third-order valence-corrected chi connectivity index (χ3v) is 3.84. The molecule has 5 nitrogen and oxygen atoms in total. The molecule has 2 heterocycles. The molecule has 1 aromatic heterocycles. The van der Waals surface area contributed by atoms with Gasteiger partial charge < -0.3 is 14.8 Å². The minimum Gasteiger partial charge on any atom is -0.494 e. The zero-order valence-electron chi connectivity index (χ0n) is 12.1. The second-order valence-corrected chi connectivity index (χ2v) is 5.48. The predicted molar refractivity (Wildman–Crippen MR) is 78.1 cm³/mol. The van der Waals surface area contributed by atoms with Crippen LogP contribution in [0.5, 0.6) is 5.75 Å². The normalized spacial score (nSPS) is 21.7. The van der Waals surface area contributed by atoms with Crippen molar-refractivity contribution >= 4 is 16.7 Å². The van der Waals surface area contributed by atoms with Crippen molar-refractivity contribution in [3.8, 4) is 5.75 Å². The first kappa shape index (κ1) is 14.0. The maximum Gasteiger partial charge on any atom is 0.167 e. The second kappa shape index (κ2) is 5.44. The van der Waals surface area contributed by atoms with Gasteiger partial charge in [0, 0.05) is 24.6 Å². The van der Waals surface area contributed by atoms with Crippen molar-refractivity contribution in [1.29, 1.82) is 0 Å². The monoisotopic (exact) mass is 291 g/mol. The Hall–Kier alpha value is -1.95. The van der Waals surface area contributed by atoms with E-state index in [9.17, 15) is 4.39 Å². The van der Waals surface area contributed by atoms with Crippen LogP contribution >= 0.6 is 0 Å². The van der Waals surface area contributed by atoms with Gasteiger partial charge in [-0.2, -0.15) is 0 Å². The van der Waals surface area contributed by atoms with Crippen LogP contribution in [0.1, 0.15) is 19.8 Å². The molecule has 2 aromatic rings. The van der Waals surface area contributed by atoms with E-state index in [0.717, 1.165) is 24.8 Å². The van der Waals surface area contributed by atoms with Crippen LogP contribution in [0.25, 0.3) is 10.9 Å². The number of fused-ring (bicyclic) bond motifs is 1. The highest BCUT2D eigenvalue weighted by Gasteiger charge is 2.29. The molecule has 3 rings (SSSR count). The van der Waals surface area contributed by atoms with Gasteiger partial charge in [-0.1, -0.05) is 0 Å². The molecule has 1 unspecified atom stereocenters. The van der Waals surface area contributed by atoms with Gasteiger partial charge in [0.15, 0.2) is 11.6 Å². The molecule has 21 heavy (non-hydrogen) atoms. The summed E-state index contributed by atoms with van der Waals surface area (Å²) in [5.41, 5.74) is 0.366. The van der Waals surface area contributed by atoms with E-state index in [-0.39, 0.29) is 11.4 Å². The molecule has 1 N–H and O–H groups in total. The van der Waals surface area contributed by atoms with E-state index in [1.54, 1.807) is 6.07 Å². The third kappa shape index (κ3) is 2.76. The van der Waals surface area contributed by atoms with Gasteiger partial charge in [0.1, 0.15) is 12.1 Å². The number of ether oxygens (including phenoxy) is 2. The average molecular weight is 291 g/mol. The lowest BCUT2D eigenvalue weighted by Gasteiger charge is -2.24. The smallest absolute Gasteiger partial charge is 0.167 e. The number of methoxy groups -OCH3 is 1. The molecule has 0 aliphatic carbocycles. The molecular weight excluding hydrogens is 273 g/mol. The van der Waals surface area contributed by atoms with Crippen molar-refractivity contribution < 1.29 is 13.9 Å². The summed E-state index contributed by atoms with van der Waals surface area (Å²) in [6.45, 7) is 3.52. The zero-order chi connectivity index (χ0) is 14.9. The molecule has 0 amide bonds. The number of hydrogen-bond donors (Lipinski definition) is 1. The van der Waals surface area contributed by atoms with Crippen molar-refractivity contribution in [2.75, 3.05) is 25.6 Å². The lowest BCUT2D eigenvalue weighted by atomic mass is 10.0. The largest absolute Gasteiger partial charge is 0.494 e. The summed E-state index contributed by atoms with van der Waals surface area (Å²) in [5.74, 6) is 0.416. The van der Waals surface area contributed by atoms with Crippen LogP contribution in [0, 0.1) is 5.82 Å². The first-order valence-corrected chi connectivity index (χ1v) is 6.97. The van der Waals surface area contributed by atoms with Crippen molar-refractivity contribution in [1.82, 2.24) is 9.97 Å². The van der Waals surface area contributed by atoms with Crippen molar-refractivity contribution in [2.45, 2.75) is 25.4 Å². The summed E-state index contributed by atoms with van der Waals surface area (Å²) in [5, 5.41) is 4.02. The van der Waals surface area contributed by atoms with Crippen molar-refractivity contribution in [3.05, 3.63) is 24.3 Å². The Kier molecular flexibility index (Phi) is 3.63. The van der Waals surface area contributed by atoms with E-state index < -0.39 is 5.82 Å². The standard InChI is InChI=1S/C15H18FN3O2/c1-15(4-3-5-21-15)8-17-14-10-6-13(20-2)11(16)7-12(10)18-9-19-14/h6-7,9H,3-5,8H2,1-2H3,(H,17,18,19). The van der Waals surface area contributed by atoms with Crippen LogP contribution in [0.2, 0.25) is 0 Å². The molecule has 1 fully saturated rings. The van der Waals surface area contributed by atoms with Crippen LogP contribution in [0.3, 0.4) is 0 Å². The molecule has 1 atom stereocenters. The Morgan fingerprint density at radius 3 is 3.00 bits per heavy atom. The van der Waals surface area contributed by atoms with Gasteiger partial charge in [0.2, 0.25) is 0 Å². The van der Waals surface area contributed by atoms with Crippen LogP contribution in [0.15, 0.2) is 18.5 Å². The third-order valence-electron chi connectivity index (χ3n) is 3.84. The van der Waals surface area contributed by atoms with Crippen LogP contribution in [-0.4, -0.2) is 35.8 Å². The van der Waals surface area contributed by atoms with E-state index in [0.29, 0.717) is 17.9 Å². The summed E-state index contributed by atoms with van der Waals surface area (Å²) in [4.78, 5) is 8.35. The number of hydrogen-bond acceptors (Lipinski definition) is 5. The molecule has 0 bridgehead atoms. The summed E-state index contributed by atoms with van der Waals surface area (Å²) < 4.78 is 24.5. The number of aromatic nitrogens is 2. The zero-order valence-corrected chi connectivity index (χ0v) is 12.1. The Balaban J connectivity index is 1.91. The van der Waals surface area contributed by atoms with Gasteiger partial charge >= 0.3 is 0 Å². The molecule has 1 aromatic carbocycles. The molecule has 0 radical (unpaired) electrons. The van der Waals surface area contributed by atoms with Crippen molar-refractivity contribution in [3.63, 3.8) is 0 Å². The number of anilines is 1. The van der Waals surface area contributed by atoms with Gasteiger partial charge in [0.25, 0.3) is 0 Å². The molecule has 1 aliphatic rings. The number of benzene rings is 1. The minimum absolute atomic E-state index is 0.179. The van der Waals surface area contributed by atoms with Crippen LogP contribution < -0.4 is 10.1 Å². The molecule has 112 valence electrons. The molecule has 0 saturated carbocycles. The lowest BCUT2D eigenvalue weighted by molar-refractivity contribution is 0.0315.